The molecule has 102 valence electrons. The molecule has 0 aliphatic rings. The van der Waals surface area contributed by atoms with Crippen LogP contribution in [0.15, 0.2) is 18.2 Å². The summed E-state index contributed by atoms with van der Waals surface area (Å²) >= 11 is 11.7. The molecule has 0 aliphatic carbocycles. The predicted octanol–water partition coefficient (Wildman–Crippen LogP) is 3.80. The lowest BCUT2D eigenvalue weighted by molar-refractivity contribution is 0.628. The number of benzene rings is 1. The molecule has 1 unspecified atom stereocenters. The molecule has 0 saturated heterocycles. The van der Waals surface area contributed by atoms with Gasteiger partial charge in [0.2, 0.25) is 0 Å². The van der Waals surface area contributed by atoms with Crippen LogP contribution in [0.1, 0.15) is 19.0 Å². The van der Waals surface area contributed by atoms with Gasteiger partial charge in [-0.15, -0.1) is 0 Å². The zero-order chi connectivity index (χ0) is 14.0. The van der Waals surface area contributed by atoms with Gasteiger partial charge in [-0.05, 0) is 24.6 Å². The van der Waals surface area contributed by atoms with Crippen molar-refractivity contribution in [3.8, 4) is 11.3 Å². The number of hydrogen-bond donors (Lipinski definition) is 2. The Labute approximate surface area is 120 Å². The number of nitrogens with zero attached hydrogens (tertiary/aromatic N) is 1. The van der Waals surface area contributed by atoms with E-state index in [1.807, 2.05) is 13.0 Å². The predicted molar refractivity (Wildman–Crippen MR) is 76.0 cm³/mol. The van der Waals surface area contributed by atoms with Crippen LogP contribution in [0.5, 0.6) is 0 Å². The van der Waals surface area contributed by atoms with E-state index >= 15 is 0 Å². The molecule has 6 heteroatoms. The summed E-state index contributed by atoms with van der Waals surface area (Å²) in [5, 5.41) is 7.38. The van der Waals surface area contributed by atoms with Crippen LogP contribution in [0.2, 0.25) is 10.0 Å². The number of aromatic amines is 1. The molecule has 0 saturated carbocycles. The molecular weight excluding hydrogens is 288 g/mol. The first-order chi connectivity index (χ1) is 9.01. The molecule has 1 aromatic carbocycles. The van der Waals surface area contributed by atoms with E-state index in [1.165, 1.54) is 12.1 Å². The smallest absolute Gasteiger partial charge is 0.142 e. The highest BCUT2D eigenvalue weighted by molar-refractivity contribution is 6.36. The number of aromatic nitrogens is 2. The fraction of sp³-hybridized carbons (Fsp3) is 0.308. The number of rotatable bonds is 4. The third-order valence-corrected chi connectivity index (χ3v) is 3.53. The maximum Gasteiger partial charge on any atom is 0.142 e. The standard InChI is InChI=1S/C13H14Cl2FN3/c1-2-7(17)3-8-4-13(19-18-8)9-5-12(16)11(15)6-10(9)14/h4-7H,2-3,17H2,1H3,(H,18,19). The Morgan fingerprint density at radius 3 is 2.74 bits per heavy atom. The van der Waals surface area contributed by atoms with Crippen LogP contribution < -0.4 is 5.73 Å². The summed E-state index contributed by atoms with van der Waals surface area (Å²) in [7, 11) is 0. The first kappa shape index (κ1) is 14.3. The summed E-state index contributed by atoms with van der Waals surface area (Å²) in [4.78, 5) is 0. The van der Waals surface area contributed by atoms with Crippen molar-refractivity contribution in [2.45, 2.75) is 25.8 Å². The van der Waals surface area contributed by atoms with Gasteiger partial charge in [0.1, 0.15) is 5.82 Å². The molecule has 19 heavy (non-hydrogen) atoms. The van der Waals surface area contributed by atoms with Gasteiger partial charge in [-0.25, -0.2) is 4.39 Å². The fourth-order valence-corrected chi connectivity index (χ4v) is 2.23. The summed E-state index contributed by atoms with van der Waals surface area (Å²) in [6.07, 6.45) is 1.57. The molecule has 2 rings (SSSR count). The third-order valence-electron chi connectivity index (χ3n) is 2.92. The minimum absolute atomic E-state index is 0.00230. The minimum atomic E-state index is -0.518. The van der Waals surface area contributed by atoms with Crippen molar-refractivity contribution in [2.24, 2.45) is 5.73 Å². The van der Waals surface area contributed by atoms with Gasteiger partial charge in [0.05, 0.1) is 15.7 Å². The Hall–Kier alpha value is -1.10. The zero-order valence-corrected chi connectivity index (χ0v) is 11.9. The van der Waals surface area contributed by atoms with Gasteiger partial charge in [0, 0.05) is 23.7 Å². The van der Waals surface area contributed by atoms with Crippen LogP contribution in [0, 0.1) is 5.82 Å². The van der Waals surface area contributed by atoms with Gasteiger partial charge in [0.15, 0.2) is 0 Å². The second-order valence-electron chi connectivity index (χ2n) is 4.40. The van der Waals surface area contributed by atoms with Gasteiger partial charge in [-0.3, -0.25) is 5.10 Å². The second-order valence-corrected chi connectivity index (χ2v) is 5.21. The van der Waals surface area contributed by atoms with E-state index in [-0.39, 0.29) is 11.1 Å². The molecule has 0 spiro atoms. The average Bonchev–Trinajstić information content (AvgIpc) is 2.82. The summed E-state index contributed by atoms with van der Waals surface area (Å²) < 4.78 is 13.5. The van der Waals surface area contributed by atoms with Crippen molar-refractivity contribution in [1.29, 1.82) is 0 Å². The van der Waals surface area contributed by atoms with E-state index in [0.717, 1.165) is 12.1 Å². The maximum absolute atomic E-state index is 13.5. The first-order valence-corrected chi connectivity index (χ1v) is 6.71. The van der Waals surface area contributed by atoms with E-state index in [9.17, 15) is 4.39 Å². The lowest BCUT2D eigenvalue weighted by atomic mass is 10.1. The van der Waals surface area contributed by atoms with Gasteiger partial charge < -0.3 is 5.73 Å². The summed E-state index contributed by atoms with van der Waals surface area (Å²) in [5.74, 6) is -0.518. The van der Waals surface area contributed by atoms with E-state index in [2.05, 4.69) is 10.2 Å². The highest BCUT2D eigenvalue weighted by atomic mass is 35.5. The number of halogens is 3. The Kier molecular flexibility index (Phi) is 4.45. The Morgan fingerprint density at radius 1 is 1.32 bits per heavy atom. The molecule has 0 aliphatic heterocycles. The molecule has 1 atom stereocenters. The lowest BCUT2D eigenvalue weighted by Gasteiger charge is -2.05. The topological polar surface area (TPSA) is 54.7 Å². The maximum atomic E-state index is 13.5. The Morgan fingerprint density at radius 2 is 2.05 bits per heavy atom. The van der Waals surface area contributed by atoms with Crippen LogP contribution in [-0.2, 0) is 6.42 Å². The van der Waals surface area contributed by atoms with Crippen molar-refractivity contribution in [1.82, 2.24) is 10.2 Å². The highest BCUT2D eigenvalue weighted by Crippen LogP contribution is 2.31. The molecule has 0 fully saturated rings. The lowest BCUT2D eigenvalue weighted by Crippen LogP contribution is -2.21. The number of nitrogens with two attached hydrogens (primary N) is 1. The monoisotopic (exact) mass is 301 g/mol. The Balaban J connectivity index is 2.30. The molecule has 0 amide bonds. The highest BCUT2D eigenvalue weighted by Gasteiger charge is 2.13. The van der Waals surface area contributed by atoms with Crippen molar-refractivity contribution >= 4 is 23.2 Å². The molecule has 0 bridgehead atoms. The van der Waals surface area contributed by atoms with E-state index in [4.69, 9.17) is 28.9 Å². The van der Waals surface area contributed by atoms with Gasteiger partial charge in [-0.1, -0.05) is 30.1 Å². The zero-order valence-electron chi connectivity index (χ0n) is 10.4. The largest absolute Gasteiger partial charge is 0.327 e. The van der Waals surface area contributed by atoms with Crippen molar-refractivity contribution in [3.63, 3.8) is 0 Å². The number of hydrogen-bond acceptors (Lipinski definition) is 2. The van der Waals surface area contributed by atoms with Gasteiger partial charge >= 0.3 is 0 Å². The molecule has 1 aromatic heterocycles. The summed E-state index contributed by atoms with van der Waals surface area (Å²) in [5.41, 5.74) is 7.87. The average molecular weight is 302 g/mol. The van der Waals surface area contributed by atoms with Gasteiger partial charge in [0.25, 0.3) is 0 Å². The van der Waals surface area contributed by atoms with Crippen molar-refractivity contribution in [3.05, 3.63) is 39.8 Å². The Bertz CT molecular complexity index is 583. The van der Waals surface area contributed by atoms with Crippen LogP contribution in [0.25, 0.3) is 11.3 Å². The van der Waals surface area contributed by atoms with E-state index < -0.39 is 5.82 Å². The molecule has 1 heterocycles. The third kappa shape index (κ3) is 3.26. The van der Waals surface area contributed by atoms with Gasteiger partial charge in [-0.2, -0.15) is 5.10 Å². The van der Waals surface area contributed by atoms with E-state index in [1.54, 1.807) is 0 Å². The van der Waals surface area contributed by atoms with Crippen LogP contribution in [0.3, 0.4) is 0 Å². The normalized spacial score (nSPS) is 12.7. The van der Waals surface area contributed by atoms with Crippen LogP contribution >= 0.6 is 23.2 Å². The minimum Gasteiger partial charge on any atom is -0.327 e. The summed E-state index contributed by atoms with van der Waals surface area (Å²) in [6.45, 7) is 2.02. The van der Waals surface area contributed by atoms with Crippen LogP contribution in [0.4, 0.5) is 4.39 Å². The fourth-order valence-electron chi connectivity index (χ4n) is 1.75. The van der Waals surface area contributed by atoms with Crippen molar-refractivity contribution in [2.75, 3.05) is 0 Å². The van der Waals surface area contributed by atoms with E-state index in [0.29, 0.717) is 22.7 Å². The molecule has 3 N–H and O–H groups in total. The summed E-state index contributed by atoms with van der Waals surface area (Å²) in [6, 6.07) is 4.56. The molecular formula is C13H14Cl2FN3. The molecule has 3 nitrogen and oxygen atoms in total. The number of H-pyrrole nitrogens is 1. The molecule has 0 radical (unpaired) electrons. The quantitative estimate of drug-likeness (QED) is 0.844. The first-order valence-electron chi connectivity index (χ1n) is 5.96. The second kappa shape index (κ2) is 5.90. The number of nitrogens with one attached hydrogen (secondary N) is 1. The van der Waals surface area contributed by atoms with Crippen LogP contribution in [-0.4, -0.2) is 16.2 Å². The SMILES string of the molecule is CCC(N)Cc1cc(-c2cc(F)c(Cl)cc2Cl)n[nH]1. The van der Waals surface area contributed by atoms with Crippen molar-refractivity contribution < 1.29 is 4.39 Å². The molecule has 2 aromatic rings.